The minimum atomic E-state index is -3.66. The van der Waals surface area contributed by atoms with Gasteiger partial charge >= 0.3 is 0 Å². The smallest absolute Gasteiger partial charge is 0.263 e. The quantitative estimate of drug-likeness (QED) is 0.931. The SMILES string of the molecule is Cc1ccc(S(=O)(=O)Nc2ccc(N3CCCC3)nn2)c(C)c1. The number of nitrogens with zero attached hydrogens (tertiary/aromatic N) is 3. The van der Waals surface area contributed by atoms with Crippen molar-refractivity contribution < 1.29 is 8.42 Å². The molecule has 0 amide bonds. The number of nitrogens with one attached hydrogen (secondary N) is 1. The van der Waals surface area contributed by atoms with Crippen molar-refractivity contribution in [2.45, 2.75) is 31.6 Å². The zero-order chi connectivity index (χ0) is 16.4. The molecular formula is C16H20N4O2S. The summed E-state index contributed by atoms with van der Waals surface area (Å²) in [5.41, 5.74) is 1.73. The van der Waals surface area contributed by atoms with Gasteiger partial charge in [0.2, 0.25) is 0 Å². The maximum absolute atomic E-state index is 12.5. The predicted molar refractivity (Wildman–Crippen MR) is 90.2 cm³/mol. The van der Waals surface area contributed by atoms with E-state index in [0.29, 0.717) is 5.56 Å². The minimum absolute atomic E-state index is 0.230. The van der Waals surface area contributed by atoms with Crippen LogP contribution in [0.3, 0.4) is 0 Å². The number of aryl methyl sites for hydroxylation is 2. The second-order valence-corrected chi connectivity index (χ2v) is 7.50. The van der Waals surface area contributed by atoms with Gasteiger partial charge in [-0.15, -0.1) is 10.2 Å². The molecule has 3 rings (SSSR count). The molecule has 122 valence electrons. The molecule has 1 fully saturated rings. The maximum atomic E-state index is 12.5. The lowest BCUT2D eigenvalue weighted by molar-refractivity contribution is 0.600. The first-order chi connectivity index (χ1) is 11.0. The van der Waals surface area contributed by atoms with Crippen molar-refractivity contribution in [3.8, 4) is 0 Å². The molecule has 0 unspecified atom stereocenters. The van der Waals surface area contributed by atoms with E-state index in [4.69, 9.17) is 0 Å². The van der Waals surface area contributed by atoms with Crippen LogP contribution in [0.1, 0.15) is 24.0 Å². The van der Waals surface area contributed by atoms with E-state index in [-0.39, 0.29) is 10.7 Å². The lowest BCUT2D eigenvalue weighted by Gasteiger charge is -2.15. The fourth-order valence-electron chi connectivity index (χ4n) is 2.79. The van der Waals surface area contributed by atoms with Gasteiger partial charge in [-0.1, -0.05) is 17.7 Å². The Morgan fingerprint density at radius 3 is 2.39 bits per heavy atom. The van der Waals surface area contributed by atoms with Crippen LogP contribution in [0.25, 0.3) is 0 Å². The van der Waals surface area contributed by atoms with E-state index in [2.05, 4.69) is 19.8 Å². The predicted octanol–water partition coefficient (Wildman–Crippen LogP) is 2.49. The Morgan fingerprint density at radius 1 is 1.04 bits per heavy atom. The van der Waals surface area contributed by atoms with Gasteiger partial charge in [0.25, 0.3) is 10.0 Å². The highest BCUT2D eigenvalue weighted by Gasteiger charge is 2.18. The van der Waals surface area contributed by atoms with Crippen LogP contribution >= 0.6 is 0 Å². The summed E-state index contributed by atoms with van der Waals surface area (Å²) in [6, 6.07) is 8.69. The summed E-state index contributed by atoms with van der Waals surface area (Å²) in [5.74, 6) is 1.02. The van der Waals surface area contributed by atoms with Crippen LogP contribution in [-0.2, 0) is 10.0 Å². The van der Waals surface area contributed by atoms with Crippen LogP contribution in [0, 0.1) is 13.8 Å². The highest BCUT2D eigenvalue weighted by atomic mass is 32.2. The summed E-state index contributed by atoms with van der Waals surface area (Å²) in [6.07, 6.45) is 2.31. The highest BCUT2D eigenvalue weighted by molar-refractivity contribution is 7.92. The topological polar surface area (TPSA) is 75.2 Å². The molecule has 1 aromatic carbocycles. The number of rotatable bonds is 4. The molecule has 0 aliphatic carbocycles. The molecule has 1 N–H and O–H groups in total. The average molecular weight is 332 g/mol. The molecule has 1 saturated heterocycles. The van der Waals surface area contributed by atoms with Crippen LogP contribution in [0.15, 0.2) is 35.2 Å². The lowest BCUT2D eigenvalue weighted by atomic mass is 10.2. The number of anilines is 2. The van der Waals surface area contributed by atoms with Crippen LogP contribution in [-0.4, -0.2) is 31.7 Å². The molecule has 1 aromatic heterocycles. The summed E-state index contributed by atoms with van der Waals surface area (Å²) in [5, 5.41) is 8.12. The fourth-order valence-corrected chi connectivity index (χ4v) is 4.01. The van der Waals surface area contributed by atoms with Gasteiger partial charge in [0.1, 0.15) is 0 Å². The maximum Gasteiger partial charge on any atom is 0.263 e. The van der Waals surface area contributed by atoms with E-state index in [1.807, 2.05) is 13.0 Å². The molecule has 0 spiro atoms. The molecule has 1 aliphatic heterocycles. The third-order valence-corrected chi connectivity index (χ3v) is 5.45. The Hall–Kier alpha value is -2.15. The van der Waals surface area contributed by atoms with Crippen LogP contribution in [0.4, 0.5) is 11.6 Å². The van der Waals surface area contributed by atoms with Gasteiger partial charge in [0.15, 0.2) is 11.6 Å². The Bertz CT molecular complexity index is 797. The first-order valence-corrected chi connectivity index (χ1v) is 9.13. The summed E-state index contributed by atoms with van der Waals surface area (Å²) in [6.45, 7) is 5.66. The molecular weight excluding hydrogens is 312 g/mol. The zero-order valence-corrected chi connectivity index (χ0v) is 14.1. The van der Waals surface area contributed by atoms with Crippen LogP contribution in [0.2, 0.25) is 0 Å². The van der Waals surface area contributed by atoms with Gasteiger partial charge in [-0.05, 0) is 50.5 Å². The summed E-state index contributed by atoms with van der Waals surface area (Å²) in [7, 11) is -3.66. The monoisotopic (exact) mass is 332 g/mol. The fraction of sp³-hybridized carbons (Fsp3) is 0.375. The van der Waals surface area contributed by atoms with E-state index in [1.165, 1.54) is 0 Å². The van der Waals surface area contributed by atoms with Crippen molar-refractivity contribution in [2.75, 3.05) is 22.7 Å². The van der Waals surface area contributed by atoms with Crippen molar-refractivity contribution in [3.63, 3.8) is 0 Å². The summed E-state index contributed by atoms with van der Waals surface area (Å²) >= 11 is 0. The van der Waals surface area contributed by atoms with E-state index < -0.39 is 10.0 Å². The molecule has 2 aromatic rings. The summed E-state index contributed by atoms with van der Waals surface area (Å²) in [4.78, 5) is 2.41. The highest BCUT2D eigenvalue weighted by Crippen LogP contribution is 2.21. The van der Waals surface area contributed by atoms with Gasteiger partial charge in [-0.3, -0.25) is 4.72 Å². The number of hydrogen-bond donors (Lipinski definition) is 1. The Kier molecular flexibility index (Phi) is 4.21. The largest absolute Gasteiger partial charge is 0.355 e. The van der Waals surface area contributed by atoms with Crippen LogP contribution in [0.5, 0.6) is 0 Å². The standard InChI is InChI=1S/C16H20N4O2S/c1-12-5-6-14(13(2)11-12)23(21,22)19-15-7-8-16(18-17-15)20-9-3-4-10-20/h5-8,11H,3-4,9-10H2,1-2H3,(H,17,19). The Morgan fingerprint density at radius 2 is 1.78 bits per heavy atom. The number of benzene rings is 1. The average Bonchev–Trinajstić information content (AvgIpc) is 3.01. The van der Waals surface area contributed by atoms with E-state index in [0.717, 1.165) is 37.3 Å². The van der Waals surface area contributed by atoms with Gasteiger partial charge < -0.3 is 4.90 Å². The second-order valence-electron chi connectivity index (χ2n) is 5.85. The van der Waals surface area contributed by atoms with Crippen molar-refractivity contribution in [2.24, 2.45) is 0 Å². The third-order valence-electron chi connectivity index (χ3n) is 3.94. The zero-order valence-electron chi connectivity index (χ0n) is 13.3. The number of aromatic nitrogens is 2. The van der Waals surface area contributed by atoms with E-state index in [9.17, 15) is 8.42 Å². The van der Waals surface area contributed by atoms with Crippen molar-refractivity contribution in [1.82, 2.24) is 10.2 Å². The molecule has 1 aliphatic rings. The molecule has 6 nitrogen and oxygen atoms in total. The van der Waals surface area contributed by atoms with Crippen molar-refractivity contribution in [1.29, 1.82) is 0 Å². The Labute approximate surface area is 136 Å². The molecule has 0 radical (unpaired) electrons. The van der Waals surface area contributed by atoms with Crippen molar-refractivity contribution >= 4 is 21.7 Å². The van der Waals surface area contributed by atoms with E-state index >= 15 is 0 Å². The molecule has 2 heterocycles. The van der Waals surface area contributed by atoms with Crippen LogP contribution < -0.4 is 9.62 Å². The van der Waals surface area contributed by atoms with Gasteiger partial charge in [0, 0.05) is 13.1 Å². The first kappa shape index (κ1) is 15.7. The normalized spacial score (nSPS) is 15.0. The van der Waals surface area contributed by atoms with Gasteiger partial charge in [-0.2, -0.15) is 0 Å². The van der Waals surface area contributed by atoms with E-state index in [1.54, 1.807) is 31.2 Å². The number of sulfonamides is 1. The molecule has 7 heteroatoms. The number of hydrogen-bond acceptors (Lipinski definition) is 5. The molecule has 23 heavy (non-hydrogen) atoms. The van der Waals surface area contributed by atoms with Crippen molar-refractivity contribution in [3.05, 3.63) is 41.5 Å². The molecule has 0 atom stereocenters. The minimum Gasteiger partial charge on any atom is -0.355 e. The first-order valence-electron chi connectivity index (χ1n) is 7.64. The molecule has 0 bridgehead atoms. The Balaban J connectivity index is 1.80. The summed E-state index contributed by atoms with van der Waals surface area (Å²) < 4.78 is 27.5. The lowest BCUT2D eigenvalue weighted by Crippen LogP contribution is -2.20. The third kappa shape index (κ3) is 3.44. The van der Waals surface area contributed by atoms with Gasteiger partial charge in [0.05, 0.1) is 4.90 Å². The second kappa shape index (κ2) is 6.16. The molecule has 0 saturated carbocycles. The van der Waals surface area contributed by atoms with Gasteiger partial charge in [-0.25, -0.2) is 8.42 Å².